The van der Waals surface area contributed by atoms with Crippen LogP contribution in [0.5, 0.6) is 0 Å². The molecule has 2 rings (SSSR count). The lowest BCUT2D eigenvalue weighted by molar-refractivity contribution is -0.140. The van der Waals surface area contributed by atoms with E-state index < -0.39 is 23.6 Å². The third-order valence-electron chi connectivity index (χ3n) is 3.10. The quantitative estimate of drug-likeness (QED) is 0.813. The topological polar surface area (TPSA) is 26.0 Å². The highest BCUT2D eigenvalue weighted by atomic mass is 35.5. The largest absolute Gasteiger partial charge is 0.419 e. The van der Waals surface area contributed by atoms with Gasteiger partial charge in [0.1, 0.15) is 5.82 Å². The molecule has 0 aliphatic rings. The molecule has 0 aliphatic carbocycles. The molecule has 2 aromatic carbocycles. The maximum atomic E-state index is 14.0. The summed E-state index contributed by atoms with van der Waals surface area (Å²) in [5.74, 6) is -1.31. The van der Waals surface area contributed by atoms with Gasteiger partial charge in [-0.25, -0.2) is 4.39 Å². The summed E-state index contributed by atoms with van der Waals surface area (Å²) in [6.45, 7) is 0. The van der Waals surface area contributed by atoms with Crippen molar-refractivity contribution in [2.24, 2.45) is 5.73 Å². The molecule has 6 heteroatoms. The Morgan fingerprint density at radius 1 is 1.05 bits per heavy atom. The van der Waals surface area contributed by atoms with Crippen molar-refractivity contribution < 1.29 is 17.6 Å². The Morgan fingerprint density at radius 2 is 1.67 bits per heavy atom. The summed E-state index contributed by atoms with van der Waals surface area (Å²) in [5, 5.41) is 0.539. The van der Waals surface area contributed by atoms with Crippen molar-refractivity contribution in [3.8, 4) is 0 Å². The van der Waals surface area contributed by atoms with Crippen LogP contribution in [-0.4, -0.2) is 0 Å². The molecule has 112 valence electrons. The number of benzene rings is 2. The van der Waals surface area contributed by atoms with Gasteiger partial charge in [0.15, 0.2) is 0 Å². The van der Waals surface area contributed by atoms with Gasteiger partial charge < -0.3 is 5.73 Å². The van der Waals surface area contributed by atoms with E-state index in [1.807, 2.05) is 0 Å². The molecule has 2 N–H and O–H groups in total. The second-order valence-corrected chi connectivity index (χ2v) is 5.08. The van der Waals surface area contributed by atoms with Crippen LogP contribution in [0.15, 0.2) is 42.5 Å². The summed E-state index contributed by atoms with van der Waals surface area (Å²) < 4.78 is 52.0. The van der Waals surface area contributed by atoms with Crippen LogP contribution in [0.25, 0.3) is 0 Å². The van der Waals surface area contributed by atoms with Crippen LogP contribution in [0.4, 0.5) is 17.6 Å². The Bertz CT molecular complexity index is 623. The van der Waals surface area contributed by atoms with Gasteiger partial charge in [-0.15, -0.1) is 0 Å². The van der Waals surface area contributed by atoms with E-state index in [0.717, 1.165) is 11.6 Å². The van der Waals surface area contributed by atoms with E-state index in [9.17, 15) is 17.6 Å². The lowest BCUT2D eigenvalue weighted by atomic mass is 9.97. The summed E-state index contributed by atoms with van der Waals surface area (Å²) in [4.78, 5) is 0. The molecule has 1 atom stereocenters. The molecule has 0 radical (unpaired) electrons. The first-order valence-electron chi connectivity index (χ1n) is 6.14. The number of nitrogens with two attached hydrogens (primary N) is 1. The first-order valence-corrected chi connectivity index (χ1v) is 6.52. The van der Waals surface area contributed by atoms with Gasteiger partial charge in [0.25, 0.3) is 0 Å². The van der Waals surface area contributed by atoms with Crippen molar-refractivity contribution in [3.63, 3.8) is 0 Å². The first-order chi connectivity index (χ1) is 9.79. The highest BCUT2D eigenvalue weighted by Gasteiger charge is 2.35. The number of rotatable bonds is 3. The summed E-state index contributed by atoms with van der Waals surface area (Å²) in [6.07, 6.45) is -4.52. The van der Waals surface area contributed by atoms with Crippen molar-refractivity contribution in [2.45, 2.75) is 18.6 Å². The van der Waals surface area contributed by atoms with Gasteiger partial charge in [-0.1, -0.05) is 35.9 Å². The van der Waals surface area contributed by atoms with Crippen LogP contribution in [0.2, 0.25) is 5.02 Å². The fourth-order valence-electron chi connectivity index (χ4n) is 2.04. The van der Waals surface area contributed by atoms with Gasteiger partial charge in [0.2, 0.25) is 0 Å². The highest BCUT2D eigenvalue weighted by molar-refractivity contribution is 6.30. The molecule has 0 aliphatic heterocycles. The smallest absolute Gasteiger partial charge is 0.324 e. The number of hydrogen-bond donors (Lipinski definition) is 1. The second-order valence-electron chi connectivity index (χ2n) is 4.64. The predicted molar refractivity (Wildman–Crippen MR) is 73.5 cm³/mol. The predicted octanol–water partition coefficient (Wildman–Crippen LogP) is 4.74. The van der Waals surface area contributed by atoms with Crippen molar-refractivity contribution in [2.75, 3.05) is 0 Å². The molecule has 0 bridgehead atoms. The van der Waals surface area contributed by atoms with Crippen LogP contribution in [-0.2, 0) is 12.6 Å². The molecule has 0 fully saturated rings. The molecular weight excluding hydrogens is 306 g/mol. The lowest BCUT2D eigenvalue weighted by Gasteiger charge is -2.16. The van der Waals surface area contributed by atoms with Crippen LogP contribution in [0, 0.1) is 5.82 Å². The van der Waals surface area contributed by atoms with Crippen LogP contribution < -0.4 is 5.73 Å². The van der Waals surface area contributed by atoms with E-state index >= 15 is 0 Å². The third-order valence-corrected chi connectivity index (χ3v) is 3.35. The molecule has 0 spiro atoms. The van der Waals surface area contributed by atoms with E-state index in [1.54, 1.807) is 24.3 Å². The minimum Gasteiger partial charge on any atom is -0.324 e. The standard InChI is InChI=1S/C15H12ClF4N/c16-10-6-4-9(5-7-10)8-13(21)11-2-1-3-12(14(11)17)15(18,19)20/h1-7,13H,8,21H2. The van der Waals surface area contributed by atoms with Gasteiger partial charge in [-0.2, -0.15) is 13.2 Å². The number of hydrogen-bond acceptors (Lipinski definition) is 1. The average molecular weight is 318 g/mol. The van der Waals surface area contributed by atoms with Crippen LogP contribution >= 0.6 is 11.6 Å². The van der Waals surface area contributed by atoms with Gasteiger partial charge in [-0.05, 0) is 30.2 Å². The third kappa shape index (κ3) is 3.74. The Labute approximate surface area is 124 Å². The molecule has 0 saturated heterocycles. The first kappa shape index (κ1) is 15.8. The van der Waals surface area contributed by atoms with E-state index in [2.05, 4.69) is 0 Å². The van der Waals surface area contributed by atoms with Crippen molar-refractivity contribution in [1.82, 2.24) is 0 Å². The van der Waals surface area contributed by atoms with Gasteiger partial charge in [0, 0.05) is 16.6 Å². The van der Waals surface area contributed by atoms with Crippen LogP contribution in [0.3, 0.4) is 0 Å². The highest BCUT2D eigenvalue weighted by Crippen LogP contribution is 2.34. The molecule has 2 aromatic rings. The van der Waals surface area contributed by atoms with E-state index in [4.69, 9.17) is 17.3 Å². The molecular formula is C15H12ClF4N. The monoisotopic (exact) mass is 317 g/mol. The lowest BCUT2D eigenvalue weighted by Crippen LogP contribution is -2.18. The second kappa shape index (κ2) is 6.03. The van der Waals surface area contributed by atoms with Gasteiger partial charge >= 0.3 is 6.18 Å². The number of alkyl halides is 3. The SMILES string of the molecule is NC(Cc1ccc(Cl)cc1)c1cccc(C(F)(F)F)c1F. The fraction of sp³-hybridized carbons (Fsp3) is 0.200. The zero-order valence-corrected chi connectivity index (χ0v) is 11.5. The minimum absolute atomic E-state index is 0.153. The van der Waals surface area contributed by atoms with Crippen molar-refractivity contribution >= 4 is 11.6 Å². The molecule has 0 heterocycles. The van der Waals surface area contributed by atoms with Crippen LogP contribution in [0.1, 0.15) is 22.7 Å². The number of halogens is 5. The molecule has 0 amide bonds. The Balaban J connectivity index is 2.27. The molecule has 0 aromatic heterocycles. The summed E-state index contributed by atoms with van der Waals surface area (Å²) in [7, 11) is 0. The van der Waals surface area contributed by atoms with E-state index in [-0.39, 0.29) is 12.0 Å². The van der Waals surface area contributed by atoms with Gasteiger partial charge in [-0.3, -0.25) is 0 Å². The average Bonchev–Trinajstić information content (AvgIpc) is 2.40. The minimum atomic E-state index is -4.74. The molecule has 0 saturated carbocycles. The van der Waals surface area contributed by atoms with E-state index in [0.29, 0.717) is 11.1 Å². The van der Waals surface area contributed by atoms with Crippen molar-refractivity contribution in [1.29, 1.82) is 0 Å². The van der Waals surface area contributed by atoms with Gasteiger partial charge in [0.05, 0.1) is 5.56 Å². The maximum absolute atomic E-state index is 14.0. The molecule has 1 unspecified atom stereocenters. The zero-order valence-electron chi connectivity index (χ0n) is 10.8. The Hall–Kier alpha value is -1.59. The fourth-order valence-corrected chi connectivity index (χ4v) is 2.17. The zero-order chi connectivity index (χ0) is 15.6. The summed E-state index contributed by atoms with van der Waals surface area (Å²) in [5.41, 5.74) is 5.15. The maximum Gasteiger partial charge on any atom is 0.419 e. The normalized spacial score (nSPS) is 13.2. The summed E-state index contributed by atoms with van der Waals surface area (Å²) in [6, 6.07) is 8.95. The summed E-state index contributed by atoms with van der Waals surface area (Å²) >= 11 is 5.75. The van der Waals surface area contributed by atoms with Crippen molar-refractivity contribution in [3.05, 3.63) is 70.0 Å². The molecule has 21 heavy (non-hydrogen) atoms. The Kier molecular flexibility index (Phi) is 4.54. The molecule has 1 nitrogen and oxygen atoms in total. The Morgan fingerprint density at radius 3 is 2.24 bits per heavy atom. The van der Waals surface area contributed by atoms with E-state index in [1.165, 1.54) is 6.07 Å².